The van der Waals surface area contributed by atoms with Crippen molar-refractivity contribution >= 4 is 23.3 Å². The monoisotopic (exact) mass is 450 g/mol. The number of carbonyl (C=O) groups excluding carboxylic acids is 3. The lowest BCUT2D eigenvalue weighted by molar-refractivity contribution is -0.120. The van der Waals surface area contributed by atoms with Gasteiger partial charge in [-0.3, -0.25) is 19.3 Å². The Kier molecular flexibility index (Phi) is 5.62. The highest BCUT2D eigenvalue weighted by molar-refractivity contribution is 6.08. The highest BCUT2D eigenvalue weighted by Gasteiger charge is 2.42. The van der Waals surface area contributed by atoms with Crippen LogP contribution in [0.15, 0.2) is 90.1 Å². The molecule has 5 rings (SSSR count). The molecule has 2 N–H and O–H groups in total. The van der Waals surface area contributed by atoms with Crippen LogP contribution in [0.1, 0.15) is 58.1 Å². The number of amides is 2. The minimum Gasteiger partial charge on any atom is -0.366 e. The van der Waals surface area contributed by atoms with Crippen LogP contribution < -0.4 is 10.6 Å². The van der Waals surface area contributed by atoms with Gasteiger partial charge in [0.1, 0.15) is 0 Å². The van der Waals surface area contributed by atoms with Crippen LogP contribution >= 0.6 is 0 Å². The second-order valence-electron chi connectivity index (χ2n) is 9.11. The van der Waals surface area contributed by atoms with Crippen molar-refractivity contribution in [2.75, 3.05) is 4.90 Å². The average molecular weight is 451 g/mol. The van der Waals surface area contributed by atoms with Crippen LogP contribution in [0.3, 0.4) is 0 Å². The topological polar surface area (TPSA) is 80.5 Å². The molecule has 0 saturated carbocycles. The van der Waals surface area contributed by atoms with Crippen LogP contribution in [-0.4, -0.2) is 17.6 Å². The van der Waals surface area contributed by atoms with E-state index in [0.29, 0.717) is 24.1 Å². The lowest BCUT2D eigenvalue weighted by atomic mass is 9.72. The maximum absolute atomic E-state index is 13.7. The quantitative estimate of drug-likeness (QED) is 0.606. The third-order valence-corrected chi connectivity index (χ3v) is 6.85. The molecule has 0 bridgehead atoms. The first-order valence-corrected chi connectivity index (χ1v) is 11.5. The SMILES string of the molecule is Cc1cccc(C2CC(=O)N(c3ccc(C(N)=O)cc3)C3=C2C(=O)CC(c2ccccc2)C3)c1. The largest absolute Gasteiger partial charge is 0.366 e. The second-order valence-corrected chi connectivity index (χ2v) is 9.11. The number of carbonyl (C=O) groups is 3. The second kappa shape index (κ2) is 8.75. The van der Waals surface area contributed by atoms with Crippen molar-refractivity contribution in [1.29, 1.82) is 0 Å². The first-order valence-electron chi connectivity index (χ1n) is 11.5. The molecule has 2 unspecified atom stereocenters. The van der Waals surface area contributed by atoms with Gasteiger partial charge in [0.15, 0.2) is 5.78 Å². The predicted molar refractivity (Wildman–Crippen MR) is 131 cm³/mol. The van der Waals surface area contributed by atoms with Gasteiger partial charge in [0.05, 0.1) is 0 Å². The molecule has 170 valence electrons. The molecular formula is C29H26N2O3. The number of hydrogen-bond donors (Lipinski definition) is 1. The van der Waals surface area contributed by atoms with E-state index in [-0.39, 0.29) is 29.9 Å². The highest BCUT2D eigenvalue weighted by atomic mass is 16.2. The summed E-state index contributed by atoms with van der Waals surface area (Å²) in [6, 6.07) is 24.8. The molecule has 3 aromatic rings. The van der Waals surface area contributed by atoms with Gasteiger partial charge >= 0.3 is 0 Å². The first kappa shape index (κ1) is 21.8. The van der Waals surface area contributed by atoms with Crippen molar-refractivity contribution in [3.63, 3.8) is 0 Å². The number of nitrogens with two attached hydrogens (primary N) is 1. The van der Waals surface area contributed by atoms with Gasteiger partial charge in [0.25, 0.3) is 0 Å². The van der Waals surface area contributed by atoms with Crippen molar-refractivity contribution in [2.45, 2.75) is 38.0 Å². The van der Waals surface area contributed by atoms with Crippen LogP contribution in [0.4, 0.5) is 5.69 Å². The fourth-order valence-electron chi connectivity index (χ4n) is 5.24. The van der Waals surface area contributed by atoms with Crippen molar-refractivity contribution in [1.82, 2.24) is 0 Å². The maximum atomic E-state index is 13.7. The Morgan fingerprint density at radius 2 is 1.56 bits per heavy atom. The van der Waals surface area contributed by atoms with Gasteiger partial charge in [-0.1, -0.05) is 60.2 Å². The number of allylic oxidation sites excluding steroid dienone is 2. The summed E-state index contributed by atoms with van der Waals surface area (Å²) in [4.78, 5) is 40.4. The molecule has 1 heterocycles. The van der Waals surface area contributed by atoms with Gasteiger partial charge in [0, 0.05) is 41.3 Å². The fourth-order valence-corrected chi connectivity index (χ4v) is 5.24. The molecule has 5 nitrogen and oxygen atoms in total. The number of benzene rings is 3. The number of nitrogens with zero attached hydrogens (tertiary/aromatic N) is 1. The summed E-state index contributed by atoms with van der Waals surface area (Å²) in [6.45, 7) is 2.02. The van der Waals surface area contributed by atoms with Crippen molar-refractivity contribution in [3.8, 4) is 0 Å². The zero-order valence-electron chi connectivity index (χ0n) is 19.0. The molecule has 2 aliphatic rings. The average Bonchev–Trinajstić information content (AvgIpc) is 2.84. The third-order valence-electron chi connectivity index (χ3n) is 6.85. The minimum absolute atomic E-state index is 0.00361. The van der Waals surface area contributed by atoms with Gasteiger partial charge < -0.3 is 5.73 Å². The lowest BCUT2D eigenvalue weighted by Crippen LogP contribution is -2.41. The van der Waals surface area contributed by atoms with Crippen molar-refractivity contribution in [3.05, 3.63) is 112 Å². The van der Waals surface area contributed by atoms with Crippen LogP contribution in [0.5, 0.6) is 0 Å². The van der Waals surface area contributed by atoms with E-state index in [1.807, 2.05) is 55.5 Å². The van der Waals surface area contributed by atoms with Crippen molar-refractivity contribution in [2.24, 2.45) is 5.73 Å². The number of ketones is 1. The fraction of sp³-hybridized carbons (Fsp3) is 0.207. The molecule has 5 heteroatoms. The van der Waals surface area contributed by atoms with E-state index in [0.717, 1.165) is 28.0 Å². The number of primary amides is 1. The Labute approximate surface area is 198 Å². The molecular weight excluding hydrogens is 424 g/mol. The number of Topliss-reactive ketones (excluding diaryl/α,β-unsaturated/α-hetero) is 1. The molecule has 3 aromatic carbocycles. The smallest absolute Gasteiger partial charge is 0.248 e. The van der Waals surface area contributed by atoms with Gasteiger partial charge in [-0.15, -0.1) is 0 Å². The summed E-state index contributed by atoms with van der Waals surface area (Å²) in [6.07, 6.45) is 1.24. The summed E-state index contributed by atoms with van der Waals surface area (Å²) in [7, 11) is 0. The van der Waals surface area contributed by atoms with Crippen LogP contribution in [0.25, 0.3) is 0 Å². The molecule has 2 atom stereocenters. The van der Waals surface area contributed by atoms with Gasteiger partial charge in [0.2, 0.25) is 11.8 Å². The normalized spacial score (nSPS) is 20.3. The number of hydrogen-bond acceptors (Lipinski definition) is 3. The Hall–Kier alpha value is -3.99. The molecule has 1 aliphatic carbocycles. The molecule has 0 radical (unpaired) electrons. The van der Waals surface area contributed by atoms with E-state index in [9.17, 15) is 14.4 Å². The van der Waals surface area contributed by atoms with Gasteiger partial charge in [-0.05, 0) is 54.7 Å². The standard InChI is InChI=1S/C29H26N2O3/c1-18-6-5-9-21(14-18)24-17-27(33)31(23-12-10-20(11-13-23)29(30)34)25-15-22(16-26(32)28(24)25)19-7-3-2-4-8-19/h2-14,22,24H,15-17H2,1H3,(H2,30,34). The third kappa shape index (κ3) is 3.94. The minimum atomic E-state index is -0.520. The number of aryl methyl sites for hydroxylation is 1. The number of anilines is 1. The highest BCUT2D eigenvalue weighted by Crippen LogP contribution is 2.47. The van der Waals surface area contributed by atoms with E-state index < -0.39 is 5.91 Å². The maximum Gasteiger partial charge on any atom is 0.248 e. The lowest BCUT2D eigenvalue weighted by Gasteiger charge is -2.40. The summed E-state index contributed by atoms with van der Waals surface area (Å²) >= 11 is 0. The van der Waals surface area contributed by atoms with Gasteiger partial charge in [-0.25, -0.2) is 0 Å². The van der Waals surface area contributed by atoms with Crippen LogP contribution in [-0.2, 0) is 9.59 Å². The Bertz CT molecular complexity index is 1310. The molecule has 0 aromatic heterocycles. The Morgan fingerprint density at radius 1 is 0.853 bits per heavy atom. The predicted octanol–water partition coefficient (Wildman–Crippen LogP) is 5.02. The van der Waals surface area contributed by atoms with E-state index in [1.54, 1.807) is 29.2 Å². The van der Waals surface area contributed by atoms with Crippen LogP contribution in [0, 0.1) is 6.92 Å². The van der Waals surface area contributed by atoms with E-state index >= 15 is 0 Å². The summed E-state index contributed by atoms with van der Waals surface area (Å²) in [5.41, 5.74) is 11.1. The summed E-state index contributed by atoms with van der Waals surface area (Å²) < 4.78 is 0. The molecule has 0 fully saturated rings. The zero-order valence-corrected chi connectivity index (χ0v) is 19.0. The Balaban J connectivity index is 1.64. The first-order chi connectivity index (χ1) is 16.4. The molecule has 0 saturated heterocycles. The summed E-state index contributed by atoms with van der Waals surface area (Å²) in [5.74, 6) is -0.740. The van der Waals surface area contributed by atoms with E-state index in [2.05, 4.69) is 6.07 Å². The Morgan fingerprint density at radius 3 is 2.24 bits per heavy atom. The molecule has 2 amide bonds. The van der Waals surface area contributed by atoms with E-state index in [1.165, 1.54) is 0 Å². The van der Waals surface area contributed by atoms with E-state index in [4.69, 9.17) is 5.73 Å². The molecule has 34 heavy (non-hydrogen) atoms. The van der Waals surface area contributed by atoms with Crippen molar-refractivity contribution < 1.29 is 14.4 Å². The number of rotatable bonds is 4. The molecule has 0 spiro atoms. The van der Waals surface area contributed by atoms with Gasteiger partial charge in [-0.2, -0.15) is 0 Å². The van der Waals surface area contributed by atoms with Crippen LogP contribution in [0.2, 0.25) is 0 Å². The zero-order chi connectivity index (χ0) is 23.8. The molecule has 1 aliphatic heterocycles. The summed E-state index contributed by atoms with van der Waals surface area (Å²) in [5, 5.41) is 0.